The van der Waals surface area contributed by atoms with E-state index >= 15 is 0 Å². The van der Waals surface area contributed by atoms with Crippen molar-refractivity contribution in [3.8, 4) is 5.69 Å². The number of benzene rings is 1. The lowest BCUT2D eigenvalue weighted by Gasteiger charge is -2.06. The van der Waals surface area contributed by atoms with Crippen molar-refractivity contribution >= 4 is 27.7 Å². The number of hydrogen-bond acceptors (Lipinski definition) is 4. The molecule has 4 nitrogen and oxygen atoms in total. The maximum atomic E-state index is 5.21. The van der Waals surface area contributed by atoms with Gasteiger partial charge in [-0.05, 0) is 31.2 Å². The molecular weight excluding hydrogens is 338 g/mol. The minimum Gasteiger partial charge on any atom is -0.360 e. The maximum absolute atomic E-state index is 5.21. The first-order valence-corrected chi connectivity index (χ1v) is 7.84. The van der Waals surface area contributed by atoms with Crippen molar-refractivity contribution < 1.29 is 4.52 Å². The first-order valence-electron chi connectivity index (χ1n) is 6.06. The largest absolute Gasteiger partial charge is 0.360 e. The van der Waals surface area contributed by atoms with Gasteiger partial charge >= 0.3 is 0 Å². The molecule has 0 atom stereocenters. The second kappa shape index (κ2) is 5.85. The van der Waals surface area contributed by atoms with Crippen LogP contribution in [0, 0.1) is 6.92 Å². The van der Waals surface area contributed by atoms with E-state index in [1.165, 1.54) is 0 Å². The zero-order chi connectivity index (χ0) is 13.9. The minimum atomic E-state index is 0.717. The number of hydrogen-bond donors (Lipinski definition) is 0. The molecule has 0 unspecified atom stereocenters. The van der Waals surface area contributed by atoms with Crippen LogP contribution in [0.3, 0.4) is 0 Å². The topological polar surface area (TPSA) is 43.9 Å². The quantitative estimate of drug-likeness (QED) is 0.661. The molecule has 0 saturated heterocycles. The first kappa shape index (κ1) is 13.5. The van der Waals surface area contributed by atoms with Gasteiger partial charge < -0.3 is 4.52 Å². The van der Waals surface area contributed by atoms with Gasteiger partial charge in [0.05, 0.1) is 11.4 Å². The lowest BCUT2D eigenvalue weighted by atomic mass is 10.3. The van der Waals surface area contributed by atoms with Crippen molar-refractivity contribution in [1.82, 2.24) is 14.7 Å². The molecule has 0 N–H and O–H groups in total. The summed E-state index contributed by atoms with van der Waals surface area (Å²) in [6.45, 7) is 1.92. The van der Waals surface area contributed by atoms with E-state index in [2.05, 4.69) is 42.8 Å². The maximum Gasteiger partial charge on any atom is 0.173 e. The molecule has 0 aliphatic heterocycles. The van der Waals surface area contributed by atoms with E-state index in [-0.39, 0.29) is 0 Å². The number of halogens is 1. The van der Waals surface area contributed by atoms with Crippen LogP contribution in [0.4, 0.5) is 0 Å². The minimum absolute atomic E-state index is 0.717. The van der Waals surface area contributed by atoms with Crippen LogP contribution in [0.2, 0.25) is 0 Å². The summed E-state index contributed by atoms with van der Waals surface area (Å²) in [7, 11) is 0. The smallest absolute Gasteiger partial charge is 0.173 e. The highest BCUT2D eigenvalue weighted by atomic mass is 79.9. The van der Waals surface area contributed by atoms with Crippen LogP contribution >= 0.6 is 27.7 Å². The van der Waals surface area contributed by atoms with Crippen molar-refractivity contribution in [2.24, 2.45) is 0 Å². The van der Waals surface area contributed by atoms with Gasteiger partial charge in [0.25, 0.3) is 0 Å². The zero-order valence-corrected chi connectivity index (χ0v) is 13.2. The molecule has 2 heterocycles. The van der Waals surface area contributed by atoms with Crippen molar-refractivity contribution in [2.45, 2.75) is 17.8 Å². The Labute approximate surface area is 129 Å². The fourth-order valence-electron chi connectivity index (χ4n) is 1.81. The fraction of sp³-hybridized carbons (Fsp3) is 0.143. The van der Waals surface area contributed by atoms with Crippen LogP contribution in [-0.2, 0) is 5.75 Å². The average Bonchev–Trinajstić information content (AvgIpc) is 3.06. The second-order valence-corrected chi connectivity index (χ2v) is 6.14. The van der Waals surface area contributed by atoms with Crippen molar-refractivity contribution in [3.05, 3.63) is 58.7 Å². The number of thioether (sulfide) groups is 1. The summed E-state index contributed by atoms with van der Waals surface area (Å²) in [6, 6.07) is 10.1. The number of nitrogens with zero attached hydrogens (tertiary/aromatic N) is 3. The van der Waals surface area contributed by atoms with Gasteiger partial charge in [-0.1, -0.05) is 32.8 Å². The van der Waals surface area contributed by atoms with Crippen molar-refractivity contribution in [2.75, 3.05) is 0 Å². The highest BCUT2D eigenvalue weighted by Gasteiger charge is 2.08. The molecule has 0 amide bonds. The number of imidazole rings is 1. The first-order chi connectivity index (χ1) is 9.72. The van der Waals surface area contributed by atoms with E-state index < -0.39 is 0 Å². The summed E-state index contributed by atoms with van der Waals surface area (Å²) < 4.78 is 8.33. The summed E-state index contributed by atoms with van der Waals surface area (Å²) in [6.07, 6.45) is 3.76. The Balaban J connectivity index is 1.78. The van der Waals surface area contributed by atoms with Crippen LogP contribution in [0.15, 0.2) is 56.9 Å². The number of rotatable bonds is 4. The zero-order valence-electron chi connectivity index (χ0n) is 10.8. The lowest BCUT2D eigenvalue weighted by molar-refractivity contribution is 0.391. The van der Waals surface area contributed by atoms with Gasteiger partial charge in [-0.2, -0.15) is 0 Å². The summed E-state index contributed by atoms with van der Waals surface area (Å²) >= 11 is 5.07. The molecule has 0 fully saturated rings. The van der Waals surface area contributed by atoms with Crippen LogP contribution < -0.4 is 0 Å². The summed E-state index contributed by atoms with van der Waals surface area (Å²) in [5, 5.41) is 4.82. The standard InChI is InChI=1S/C14H12BrN3OS/c1-10-8-13(19-17-10)9-20-14-16-6-7-18(14)12-4-2-11(15)3-5-12/h2-8H,9H2,1H3. The van der Waals surface area contributed by atoms with Crippen molar-refractivity contribution in [3.63, 3.8) is 0 Å². The molecule has 0 aliphatic rings. The van der Waals surface area contributed by atoms with E-state index in [0.29, 0.717) is 5.75 Å². The molecule has 20 heavy (non-hydrogen) atoms. The Hall–Kier alpha value is -1.53. The van der Waals surface area contributed by atoms with Gasteiger partial charge in [-0.15, -0.1) is 0 Å². The fourth-order valence-corrected chi connectivity index (χ4v) is 2.93. The van der Waals surface area contributed by atoms with Gasteiger partial charge in [0.15, 0.2) is 5.16 Å². The molecule has 0 bridgehead atoms. The van der Waals surface area contributed by atoms with E-state index in [4.69, 9.17) is 4.52 Å². The van der Waals surface area contributed by atoms with Gasteiger partial charge in [-0.25, -0.2) is 4.98 Å². The Morgan fingerprint density at radius 3 is 2.80 bits per heavy atom. The molecule has 0 saturated carbocycles. The Morgan fingerprint density at radius 1 is 1.30 bits per heavy atom. The summed E-state index contributed by atoms with van der Waals surface area (Å²) in [5.74, 6) is 1.58. The molecule has 0 radical (unpaired) electrons. The summed E-state index contributed by atoms with van der Waals surface area (Å²) in [4.78, 5) is 4.39. The Kier molecular flexibility index (Phi) is 3.93. The molecule has 1 aromatic carbocycles. The molecule has 3 rings (SSSR count). The van der Waals surface area contributed by atoms with Crippen LogP contribution in [0.5, 0.6) is 0 Å². The second-order valence-electron chi connectivity index (χ2n) is 4.28. The highest BCUT2D eigenvalue weighted by Crippen LogP contribution is 2.25. The van der Waals surface area contributed by atoms with Crippen LogP contribution in [-0.4, -0.2) is 14.7 Å². The van der Waals surface area contributed by atoms with Crippen LogP contribution in [0.25, 0.3) is 5.69 Å². The molecule has 2 aromatic heterocycles. The average molecular weight is 350 g/mol. The third kappa shape index (κ3) is 2.96. The molecule has 0 aliphatic carbocycles. The van der Waals surface area contributed by atoms with E-state index in [1.54, 1.807) is 18.0 Å². The predicted octanol–water partition coefficient (Wildman–Crippen LogP) is 4.22. The number of aromatic nitrogens is 3. The molecule has 102 valence electrons. The molecular formula is C14H12BrN3OS. The SMILES string of the molecule is Cc1cc(CSc2nccn2-c2ccc(Br)cc2)on1. The van der Waals surface area contributed by atoms with Crippen molar-refractivity contribution in [1.29, 1.82) is 0 Å². The normalized spacial score (nSPS) is 10.9. The van der Waals surface area contributed by atoms with Crippen LogP contribution in [0.1, 0.15) is 11.5 Å². The predicted molar refractivity (Wildman–Crippen MR) is 82.1 cm³/mol. The van der Waals surface area contributed by atoms with Gasteiger partial charge in [0, 0.05) is 28.6 Å². The van der Waals surface area contributed by atoms with Gasteiger partial charge in [0.2, 0.25) is 0 Å². The highest BCUT2D eigenvalue weighted by molar-refractivity contribution is 9.10. The van der Waals surface area contributed by atoms with E-state index in [1.807, 2.05) is 31.3 Å². The molecule has 3 aromatic rings. The van der Waals surface area contributed by atoms with E-state index in [0.717, 1.165) is 26.8 Å². The Bertz CT molecular complexity index is 705. The lowest BCUT2D eigenvalue weighted by Crippen LogP contribution is -1.94. The van der Waals surface area contributed by atoms with E-state index in [9.17, 15) is 0 Å². The van der Waals surface area contributed by atoms with Gasteiger partial charge in [0.1, 0.15) is 5.76 Å². The van der Waals surface area contributed by atoms with Gasteiger partial charge in [-0.3, -0.25) is 4.57 Å². The number of aryl methyl sites for hydroxylation is 1. The third-order valence-corrected chi connectivity index (χ3v) is 4.25. The molecule has 6 heteroatoms. The molecule has 0 spiro atoms. The monoisotopic (exact) mass is 349 g/mol. The Morgan fingerprint density at radius 2 is 2.10 bits per heavy atom. The third-order valence-electron chi connectivity index (χ3n) is 2.73. The summed E-state index contributed by atoms with van der Waals surface area (Å²) in [5.41, 5.74) is 1.99.